The lowest BCUT2D eigenvalue weighted by Crippen LogP contribution is -2.32. The summed E-state index contributed by atoms with van der Waals surface area (Å²) >= 11 is 8.08. The fourth-order valence-corrected chi connectivity index (χ4v) is 5.15. The second-order valence-electron chi connectivity index (χ2n) is 6.29. The molecule has 1 heterocycles. The smallest absolute Gasteiger partial charge is 0.341 e. The molecule has 31 heavy (non-hydrogen) atoms. The van der Waals surface area contributed by atoms with E-state index in [4.69, 9.17) is 14.6 Å². The topological polar surface area (TPSA) is 88.4 Å². The molecule has 3 rings (SSSR count). The Labute approximate surface area is 200 Å². The Morgan fingerprint density at radius 1 is 1.23 bits per heavy atom. The molecule has 0 bridgehead atoms. The van der Waals surface area contributed by atoms with Gasteiger partial charge in [-0.2, -0.15) is 0 Å². The third-order valence-electron chi connectivity index (χ3n) is 4.05. The summed E-state index contributed by atoms with van der Waals surface area (Å²) in [6.07, 6.45) is 1.76. The largest absolute Gasteiger partial charge is 0.480 e. The predicted octanol–water partition coefficient (Wildman–Crippen LogP) is 4.93. The van der Waals surface area contributed by atoms with Gasteiger partial charge in [-0.05, 0) is 79.5 Å². The van der Waals surface area contributed by atoms with Gasteiger partial charge in [0, 0.05) is 7.11 Å². The van der Waals surface area contributed by atoms with Crippen molar-refractivity contribution >= 4 is 72.4 Å². The van der Waals surface area contributed by atoms with E-state index in [0.717, 1.165) is 11.3 Å². The van der Waals surface area contributed by atoms with Crippen LogP contribution in [-0.4, -0.2) is 53.9 Å². The van der Waals surface area contributed by atoms with Crippen LogP contribution in [0, 0.1) is 0 Å². The highest BCUT2D eigenvalue weighted by Gasteiger charge is 2.33. The zero-order valence-corrected chi connectivity index (χ0v) is 20.4. The van der Waals surface area contributed by atoms with Gasteiger partial charge in [-0.25, -0.2) is 9.79 Å². The normalized spacial score (nSPS) is 16.4. The Hall–Kier alpha value is -2.14. The summed E-state index contributed by atoms with van der Waals surface area (Å²) in [6, 6.07) is 12.9. The number of hydrogen-bond acceptors (Lipinski definition) is 6. The van der Waals surface area contributed by atoms with Crippen LogP contribution in [0.2, 0.25) is 0 Å². The maximum Gasteiger partial charge on any atom is 0.341 e. The maximum absolute atomic E-state index is 13.0. The Kier molecular flexibility index (Phi) is 8.30. The van der Waals surface area contributed by atoms with Gasteiger partial charge in [-0.15, -0.1) is 0 Å². The van der Waals surface area contributed by atoms with Gasteiger partial charge < -0.3 is 14.6 Å². The quantitative estimate of drug-likeness (QED) is 0.454. The van der Waals surface area contributed by atoms with Crippen molar-refractivity contribution in [3.8, 4) is 5.75 Å². The number of aliphatic carboxylic acids is 1. The molecule has 0 radical (unpaired) electrons. The van der Waals surface area contributed by atoms with Crippen molar-refractivity contribution in [2.45, 2.75) is 0 Å². The first-order chi connectivity index (χ1) is 14.9. The minimum absolute atomic E-state index is 0.157. The molecule has 2 aromatic rings. The molecule has 1 saturated heterocycles. The minimum Gasteiger partial charge on any atom is -0.480 e. The van der Waals surface area contributed by atoms with Gasteiger partial charge in [-0.1, -0.05) is 18.2 Å². The second kappa shape index (κ2) is 10.9. The Bertz CT molecular complexity index is 1020. The molecule has 162 valence electrons. The lowest BCUT2D eigenvalue weighted by Gasteiger charge is -2.14. The molecule has 0 aliphatic carbocycles. The van der Waals surface area contributed by atoms with Crippen LogP contribution in [0.25, 0.3) is 6.08 Å². The molecular formula is C21H18Br2N2O5S. The Balaban J connectivity index is 1.90. The van der Waals surface area contributed by atoms with Crippen LogP contribution < -0.4 is 4.74 Å². The Morgan fingerprint density at radius 2 is 1.90 bits per heavy atom. The van der Waals surface area contributed by atoms with E-state index in [9.17, 15) is 9.59 Å². The summed E-state index contributed by atoms with van der Waals surface area (Å²) in [5, 5.41) is 9.40. The summed E-state index contributed by atoms with van der Waals surface area (Å²) in [5.41, 5.74) is 1.50. The summed E-state index contributed by atoms with van der Waals surface area (Å²) in [7, 11) is 1.58. The number of rotatable bonds is 8. The third-order valence-corrected chi connectivity index (χ3v) is 6.23. The van der Waals surface area contributed by atoms with E-state index in [1.165, 1.54) is 11.8 Å². The lowest BCUT2D eigenvalue weighted by molar-refractivity contribution is -0.139. The van der Waals surface area contributed by atoms with Gasteiger partial charge >= 0.3 is 5.97 Å². The third kappa shape index (κ3) is 6.19. The second-order valence-corrected chi connectivity index (χ2v) is 9.00. The number of carbonyl (C=O) groups is 2. The molecule has 1 N–H and O–H groups in total. The van der Waals surface area contributed by atoms with Crippen molar-refractivity contribution in [3.05, 3.63) is 61.9 Å². The highest BCUT2D eigenvalue weighted by atomic mass is 79.9. The zero-order valence-electron chi connectivity index (χ0n) is 16.4. The van der Waals surface area contributed by atoms with Gasteiger partial charge in [0.1, 0.15) is 5.75 Å². The molecule has 1 aliphatic heterocycles. The highest BCUT2D eigenvalue weighted by molar-refractivity contribution is 9.11. The number of ether oxygens (including phenoxy) is 2. The van der Waals surface area contributed by atoms with Crippen molar-refractivity contribution in [1.29, 1.82) is 0 Å². The van der Waals surface area contributed by atoms with Gasteiger partial charge in [0.2, 0.25) is 0 Å². The van der Waals surface area contributed by atoms with E-state index in [-0.39, 0.29) is 5.91 Å². The first-order valence-corrected chi connectivity index (χ1v) is 11.5. The molecule has 10 heteroatoms. The average Bonchev–Trinajstić information content (AvgIpc) is 3.00. The molecule has 7 nitrogen and oxygen atoms in total. The SMILES string of the molecule is COCCN1C(=O)/C(=C/c2cc(Br)c(OCC(=O)O)c(Br)c2)SC1=Nc1ccccc1. The molecular weight excluding hydrogens is 552 g/mol. The first-order valence-electron chi connectivity index (χ1n) is 9.06. The molecule has 1 amide bonds. The van der Waals surface area contributed by atoms with E-state index in [1.807, 2.05) is 30.3 Å². The highest BCUT2D eigenvalue weighted by Crippen LogP contribution is 2.38. The number of methoxy groups -OCH3 is 1. The van der Waals surface area contributed by atoms with Crippen molar-refractivity contribution in [2.75, 3.05) is 26.9 Å². The number of aliphatic imine (C=N–C) groups is 1. The molecule has 0 atom stereocenters. The van der Waals surface area contributed by atoms with E-state index < -0.39 is 12.6 Å². The number of amides is 1. The maximum atomic E-state index is 13.0. The number of hydrogen-bond donors (Lipinski definition) is 1. The molecule has 0 saturated carbocycles. The molecule has 2 aromatic carbocycles. The van der Waals surface area contributed by atoms with E-state index in [1.54, 1.807) is 30.2 Å². The minimum atomic E-state index is -1.07. The molecule has 1 fully saturated rings. The standard InChI is InChI=1S/C21H18Br2N2O5S/c1-29-8-7-25-20(28)17(31-21(25)24-14-5-3-2-4-6-14)11-13-9-15(22)19(16(23)10-13)30-12-18(26)27/h2-6,9-11H,7-8,12H2,1H3,(H,26,27)/b17-11-,24-21?. The van der Waals surface area contributed by atoms with Crippen molar-refractivity contribution in [3.63, 3.8) is 0 Å². The van der Waals surface area contributed by atoms with Gasteiger partial charge in [-0.3, -0.25) is 9.69 Å². The Morgan fingerprint density at radius 3 is 2.52 bits per heavy atom. The number of carbonyl (C=O) groups excluding carboxylic acids is 1. The molecule has 1 aliphatic rings. The number of thioether (sulfide) groups is 1. The summed E-state index contributed by atoms with van der Waals surface area (Å²) in [4.78, 5) is 30.5. The average molecular weight is 570 g/mol. The van der Waals surface area contributed by atoms with Crippen LogP contribution >= 0.6 is 43.6 Å². The van der Waals surface area contributed by atoms with Gasteiger partial charge in [0.15, 0.2) is 11.8 Å². The van der Waals surface area contributed by atoms with Crippen LogP contribution in [0.15, 0.2) is 61.3 Å². The van der Waals surface area contributed by atoms with E-state index >= 15 is 0 Å². The summed E-state index contributed by atoms with van der Waals surface area (Å²) in [5.74, 6) is -0.850. The lowest BCUT2D eigenvalue weighted by atomic mass is 10.2. The number of carboxylic acid groups (broad SMARTS) is 1. The number of halogens is 2. The summed E-state index contributed by atoms with van der Waals surface area (Å²) in [6.45, 7) is 0.320. The van der Waals surface area contributed by atoms with Crippen LogP contribution in [0.5, 0.6) is 5.75 Å². The first kappa shape index (κ1) is 23.5. The van der Waals surface area contributed by atoms with Crippen molar-refractivity contribution in [2.24, 2.45) is 4.99 Å². The number of benzene rings is 2. The molecule has 0 aromatic heterocycles. The van der Waals surface area contributed by atoms with E-state index in [0.29, 0.717) is 37.9 Å². The van der Waals surface area contributed by atoms with Crippen molar-refractivity contribution < 1.29 is 24.2 Å². The van der Waals surface area contributed by atoms with Crippen molar-refractivity contribution in [1.82, 2.24) is 4.90 Å². The predicted molar refractivity (Wildman–Crippen MR) is 128 cm³/mol. The van der Waals surface area contributed by atoms with E-state index in [2.05, 4.69) is 36.9 Å². The number of amidine groups is 1. The molecule has 0 unspecified atom stereocenters. The fourth-order valence-electron chi connectivity index (χ4n) is 2.67. The number of nitrogens with zero attached hydrogens (tertiary/aromatic N) is 2. The summed E-state index contributed by atoms with van der Waals surface area (Å²) < 4.78 is 11.6. The number of carboxylic acids is 1. The number of para-hydroxylation sites is 1. The van der Waals surface area contributed by atoms with Gasteiger partial charge in [0.05, 0.1) is 32.7 Å². The zero-order chi connectivity index (χ0) is 22.4. The monoisotopic (exact) mass is 568 g/mol. The van der Waals surface area contributed by atoms with Crippen LogP contribution in [0.3, 0.4) is 0 Å². The fraction of sp³-hybridized carbons (Fsp3) is 0.190. The van der Waals surface area contributed by atoms with Gasteiger partial charge in [0.25, 0.3) is 5.91 Å². The van der Waals surface area contributed by atoms with Crippen LogP contribution in [-0.2, 0) is 14.3 Å². The van der Waals surface area contributed by atoms with Crippen LogP contribution in [0.1, 0.15) is 5.56 Å². The molecule has 0 spiro atoms. The van der Waals surface area contributed by atoms with Crippen LogP contribution in [0.4, 0.5) is 5.69 Å².